The molecule has 4 heteroatoms. The highest BCUT2D eigenvalue weighted by Crippen LogP contribution is 2.36. The molecule has 1 aromatic carbocycles. The van der Waals surface area contributed by atoms with E-state index in [1.54, 1.807) is 0 Å². The van der Waals surface area contributed by atoms with Crippen molar-refractivity contribution in [2.75, 3.05) is 39.4 Å². The molecule has 1 N–H and O–H groups in total. The molecular formula is C15H22N2O2. The number of piperazine rings is 1. The zero-order valence-corrected chi connectivity index (χ0v) is 11.7. The highest BCUT2D eigenvalue weighted by atomic mass is 16.6. The van der Waals surface area contributed by atoms with Crippen LogP contribution in [-0.4, -0.2) is 44.3 Å². The van der Waals surface area contributed by atoms with Crippen molar-refractivity contribution in [3.8, 4) is 11.5 Å². The van der Waals surface area contributed by atoms with Crippen LogP contribution in [0, 0.1) is 6.92 Å². The molecule has 104 valence electrons. The van der Waals surface area contributed by atoms with Crippen LogP contribution in [0.1, 0.15) is 24.1 Å². The monoisotopic (exact) mass is 262 g/mol. The molecule has 1 saturated heterocycles. The molecule has 1 unspecified atom stereocenters. The maximum Gasteiger partial charge on any atom is 0.161 e. The van der Waals surface area contributed by atoms with Gasteiger partial charge in [0.15, 0.2) is 11.5 Å². The third-order valence-electron chi connectivity index (χ3n) is 4.08. The number of ether oxygens (including phenoxy) is 2. The van der Waals surface area contributed by atoms with Gasteiger partial charge in [-0.3, -0.25) is 4.90 Å². The second-order valence-corrected chi connectivity index (χ2v) is 5.31. The van der Waals surface area contributed by atoms with Crippen LogP contribution in [0.5, 0.6) is 11.5 Å². The number of aryl methyl sites for hydroxylation is 1. The van der Waals surface area contributed by atoms with Crippen LogP contribution < -0.4 is 14.8 Å². The zero-order valence-electron chi connectivity index (χ0n) is 11.7. The largest absolute Gasteiger partial charge is 0.486 e. The number of benzene rings is 1. The first kappa shape index (κ1) is 12.8. The number of nitrogens with one attached hydrogen (secondary N) is 1. The Bertz CT molecular complexity index is 456. The quantitative estimate of drug-likeness (QED) is 0.880. The molecule has 0 radical (unpaired) electrons. The Morgan fingerprint density at radius 1 is 1.11 bits per heavy atom. The van der Waals surface area contributed by atoms with Crippen LogP contribution in [0.15, 0.2) is 12.1 Å². The molecular weight excluding hydrogens is 240 g/mol. The van der Waals surface area contributed by atoms with Gasteiger partial charge in [0.1, 0.15) is 13.2 Å². The lowest BCUT2D eigenvalue weighted by molar-refractivity contribution is 0.167. The topological polar surface area (TPSA) is 33.7 Å². The van der Waals surface area contributed by atoms with Crippen molar-refractivity contribution in [2.24, 2.45) is 0 Å². The van der Waals surface area contributed by atoms with Gasteiger partial charge in [0.05, 0.1) is 0 Å². The summed E-state index contributed by atoms with van der Waals surface area (Å²) in [6.07, 6.45) is 0. The normalized spacial score (nSPS) is 21.2. The predicted molar refractivity (Wildman–Crippen MR) is 75.0 cm³/mol. The number of hydrogen-bond donors (Lipinski definition) is 1. The van der Waals surface area contributed by atoms with Crippen LogP contribution in [0.3, 0.4) is 0 Å². The molecule has 2 heterocycles. The van der Waals surface area contributed by atoms with Gasteiger partial charge >= 0.3 is 0 Å². The lowest BCUT2D eigenvalue weighted by Gasteiger charge is -2.34. The van der Waals surface area contributed by atoms with Crippen LogP contribution in [0.4, 0.5) is 0 Å². The standard InChI is InChI=1S/C15H22N2O2/c1-11-9-14-15(19-8-7-18-14)10-13(11)12(2)17-5-3-16-4-6-17/h9-10,12,16H,3-8H2,1-2H3. The lowest BCUT2D eigenvalue weighted by Crippen LogP contribution is -2.44. The van der Waals surface area contributed by atoms with Crippen LogP contribution in [0.25, 0.3) is 0 Å². The summed E-state index contributed by atoms with van der Waals surface area (Å²) in [5, 5.41) is 3.40. The van der Waals surface area contributed by atoms with Crippen molar-refractivity contribution >= 4 is 0 Å². The molecule has 1 atom stereocenters. The maximum absolute atomic E-state index is 5.70. The third-order valence-corrected chi connectivity index (χ3v) is 4.08. The van der Waals surface area contributed by atoms with Gasteiger partial charge in [-0.05, 0) is 37.1 Å². The minimum Gasteiger partial charge on any atom is -0.486 e. The zero-order chi connectivity index (χ0) is 13.2. The molecule has 0 aliphatic carbocycles. The van der Waals surface area contributed by atoms with Crippen LogP contribution >= 0.6 is 0 Å². The predicted octanol–water partition coefficient (Wildman–Crippen LogP) is 1.73. The molecule has 1 aromatic rings. The summed E-state index contributed by atoms with van der Waals surface area (Å²) >= 11 is 0. The molecule has 1 fully saturated rings. The van der Waals surface area contributed by atoms with Crippen molar-refractivity contribution in [3.63, 3.8) is 0 Å². The molecule has 0 spiro atoms. The minimum atomic E-state index is 0.429. The summed E-state index contributed by atoms with van der Waals surface area (Å²) < 4.78 is 11.3. The van der Waals surface area contributed by atoms with E-state index in [4.69, 9.17) is 9.47 Å². The number of nitrogens with zero attached hydrogens (tertiary/aromatic N) is 1. The van der Waals surface area contributed by atoms with Gasteiger partial charge in [0, 0.05) is 32.2 Å². The van der Waals surface area contributed by atoms with E-state index in [1.165, 1.54) is 11.1 Å². The molecule has 0 saturated carbocycles. The first-order chi connectivity index (χ1) is 9.25. The Morgan fingerprint density at radius 2 is 1.74 bits per heavy atom. The van der Waals surface area contributed by atoms with Gasteiger partial charge in [0.2, 0.25) is 0 Å². The molecule has 2 aliphatic heterocycles. The van der Waals surface area contributed by atoms with Gasteiger partial charge in [-0.1, -0.05) is 0 Å². The summed E-state index contributed by atoms with van der Waals surface area (Å²) in [5.41, 5.74) is 2.64. The first-order valence-electron chi connectivity index (χ1n) is 7.10. The van der Waals surface area contributed by atoms with E-state index in [9.17, 15) is 0 Å². The van der Waals surface area contributed by atoms with Crippen LogP contribution in [0.2, 0.25) is 0 Å². The minimum absolute atomic E-state index is 0.429. The fourth-order valence-electron chi connectivity index (χ4n) is 2.92. The average molecular weight is 262 g/mol. The molecule has 0 bridgehead atoms. The Balaban J connectivity index is 1.86. The smallest absolute Gasteiger partial charge is 0.161 e. The van der Waals surface area contributed by atoms with E-state index < -0.39 is 0 Å². The first-order valence-corrected chi connectivity index (χ1v) is 7.10. The Hall–Kier alpha value is -1.26. The summed E-state index contributed by atoms with van der Waals surface area (Å²) in [7, 11) is 0. The molecule has 19 heavy (non-hydrogen) atoms. The maximum atomic E-state index is 5.70. The summed E-state index contributed by atoms with van der Waals surface area (Å²) in [5.74, 6) is 1.79. The lowest BCUT2D eigenvalue weighted by atomic mass is 9.99. The fraction of sp³-hybridized carbons (Fsp3) is 0.600. The van der Waals surface area contributed by atoms with Gasteiger partial charge in [0.25, 0.3) is 0 Å². The van der Waals surface area contributed by atoms with Crippen molar-refractivity contribution in [3.05, 3.63) is 23.3 Å². The van der Waals surface area contributed by atoms with Crippen molar-refractivity contribution < 1.29 is 9.47 Å². The number of hydrogen-bond acceptors (Lipinski definition) is 4. The van der Waals surface area contributed by atoms with Gasteiger partial charge in [-0.2, -0.15) is 0 Å². The number of rotatable bonds is 2. The SMILES string of the molecule is Cc1cc2c(cc1C(C)N1CCNCC1)OCCO2. The van der Waals surface area contributed by atoms with Gasteiger partial charge in [-0.25, -0.2) is 0 Å². The van der Waals surface area contributed by atoms with E-state index in [0.29, 0.717) is 19.3 Å². The fourth-order valence-corrected chi connectivity index (χ4v) is 2.92. The third kappa shape index (κ3) is 2.55. The van der Waals surface area contributed by atoms with Gasteiger partial charge < -0.3 is 14.8 Å². The highest BCUT2D eigenvalue weighted by molar-refractivity contribution is 5.48. The second kappa shape index (κ2) is 5.39. The van der Waals surface area contributed by atoms with E-state index >= 15 is 0 Å². The second-order valence-electron chi connectivity index (χ2n) is 5.31. The van der Waals surface area contributed by atoms with E-state index in [0.717, 1.165) is 37.7 Å². The Kier molecular flexibility index (Phi) is 3.62. The van der Waals surface area contributed by atoms with Crippen LogP contribution in [-0.2, 0) is 0 Å². The van der Waals surface area contributed by atoms with E-state index in [1.807, 2.05) is 0 Å². The molecule has 3 rings (SSSR count). The highest BCUT2D eigenvalue weighted by Gasteiger charge is 2.22. The average Bonchev–Trinajstić information content (AvgIpc) is 2.47. The van der Waals surface area contributed by atoms with Crippen molar-refractivity contribution in [2.45, 2.75) is 19.9 Å². The van der Waals surface area contributed by atoms with E-state index in [-0.39, 0.29) is 0 Å². The Labute approximate surface area is 114 Å². The Morgan fingerprint density at radius 3 is 2.42 bits per heavy atom. The molecule has 2 aliphatic rings. The summed E-state index contributed by atoms with van der Waals surface area (Å²) in [6.45, 7) is 10.1. The van der Waals surface area contributed by atoms with Crippen molar-refractivity contribution in [1.29, 1.82) is 0 Å². The van der Waals surface area contributed by atoms with Crippen molar-refractivity contribution in [1.82, 2.24) is 10.2 Å². The van der Waals surface area contributed by atoms with Gasteiger partial charge in [-0.15, -0.1) is 0 Å². The number of fused-ring (bicyclic) bond motifs is 1. The summed E-state index contributed by atoms with van der Waals surface area (Å²) in [4.78, 5) is 2.52. The molecule has 0 amide bonds. The summed E-state index contributed by atoms with van der Waals surface area (Å²) in [6, 6.07) is 4.71. The van der Waals surface area contributed by atoms with E-state index in [2.05, 4.69) is 36.2 Å². The molecule has 4 nitrogen and oxygen atoms in total. The molecule has 0 aromatic heterocycles.